The molecule has 17 heavy (non-hydrogen) atoms. The second-order valence-corrected chi connectivity index (χ2v) is 4.39. The van der Waals surface area contributed by atoms with Gasteiger partial charge in [0.2, 0.25) is 4.77 Å². The number of benzene rings is 1. The fourth-order valence-electron chi connectivity index (χ4n) is 1.29. The molecule has 0 atom stereocenters. The molecule has 0 aliphatic heterocycles. The molecule has 1 aromatic heterocycles. The predicted molar refractivity (Wildman–Crippen MR) is 69.2 cm³/mol. The number of aromatic amines is 1. The van der Waals surface area contributed by atoms with Crippen LogP contribution in [0.4, 0.5) is 0 Å². The Kier molecular flexibility index (Phi) is 3.61. The first-order valence-electron chi connectivity index (χ1n) is 4.57. The fraction of sp³-hybridized carbons (Fsp3) is 0.100. The third-order valence-corrected chi connectivity index (χ3v) is 2.58. The highest BCUT2D eigenvalue weighted by Gasteiger charge is 2.06. The highest BCUT2D eigenvalue weighted by atomic mass is 35.5. The number of hydrogen-bond donors (Lipinski definition) is 1. The minimum atomic E-state index is 0.187. The first-order valence-corrected chi connectivity index (χ1v) is 5.74. The van der Waals surface area contributed by atoms with Crippen LogP contribution in [-0.4, -0.2) is 22.1 Å². The number of hydrogen-bond acceptors (Lipinski definition) is 4. The molecule has 1 aromatic carbocycles. The number of ether oxygens (including phenoxy) is 1. The molecule has 88 valence electrons. The van der Waals surface area contributed by atoms with Gasteiger partial charge in [-0.2, -0.15) is 4.98 Å². The summed E-state index contributed by atoms with van der Waals surface area (Å²) in [5.41, 5.74) is 0.717. The molecule has 0 radical (unpaired) electrons. The summed E-state index contributed by atoms with van der Waals surface area (Å²) in [7, 11) is 1.49. The largest absolute Gasteiger partial charge is 0.468 e. The van der Waals surface area contributed by atoms with Crippen LogP contribution in [-0.2, 0) is 0 Å². The number of methoxy groups -OCH3 is 1. The minimum absolute atomic E-state index is 0.187. The standard InChI is InChI=1S/C10H7Cl2N3OS/c1-16-9-13-8(14-10(17)15-9)5-2-6(11)4-7(12)3-5/h2-4H,1H3,(H,13,14,15,17). The van der Waals surface area contributed by atoms with Gasteiger partial charge < -0.3 is 4.74 Å². The number of H-pyrrole nitrogens is 1. The van der Waals surface area contributed by atoms with Crippen molar-refractivity contribution in [2.24, 2.45) is 0 Å². The van der Waals surface area contributed by atoms with Crippen LogP contribution in [0, 0.1) is 4.77 Å². The van der Waals surface area contributed by atoms with E-state index in [1.807, 2.05) is 0 Å². The molecule has 4 nitrogen and oxygen atoms in total. The van der Waals surface area contributed by atoms with E-state index in [4.69, 9.17) is 40.2 Å². The van der Waals surface area contributed by atoms with Crippen molar-refractivity contribution in [1.29, 1.82) is 0 Å². The maximum Gasteiger partial charge on any atom is 0.297 e. The molecule has 1 heterocycles. The van der Waals surface area contributed by atoms with E-state index in [9.17, 15) is 0 Å². The number of rotatable bonds is 2. The molecule has 0 saturated carbocycles. The molecule has 1 N–H and O–H groups in total. The van der Waals surface area contributed by atoms with E-state index in [1.54, 1.807) is 18.2 Å². The van der Waals surface area contributed by atoms with Gasteiger partial charge in [0.15, 0.2) is 0 Å². The summed E-state index contributed by atoms with van der Waals surface area (Å²) in [6.45, 7) is 0. The van der Waals surface area contributed by atoms with Gasteiger partial charge in [-0.3, -0.25) is 4.98 Å². The van der Waals surface area contributed by atoms with Gasteiger partial charge in [0.25, 0.3) is 6.01 Å². The third kappa shape index (κ3) is 2.94. The monoisotopic (exact) mass is 287 g/mol. The first kappa shape index (κ1) is 12.3. The number of aromatic nitrogens is 3. The lowest BCUT2D eigenvalue weighted by Crippen LogP contribution is -1.97. The Morgan fingerprint density at radius 3 is 2.41 bits per heavy atom. The summed E-state index contributed by atoms with van der Waals surface area (Å²) in [4.78, 5) is 10.8. The second kappa shape index (κ2) is 5.00. The zero-order valence-electron chi connectivity index (χ0n) is 8.70. The zero-order valence-corrected chi connectivity index (χ0v) is 11.0. The normalized spacial score (nSPS) is 10.3. The number of nitrogens with zero attached hydrogens (tertiary/aromatic N) is 2. The Hall–Kier alpha value is -1.17. The number of halogens is 2. The zero-order chi connectivity index (χ0) is 12.4. The van der Waals surface area contributed by atoms with E-state index in [2.05, 4.69) is 15.0 Å². The van der Waals surface area contributed by atoms with Crippen molar-refractivity contribution >= 4 is 35.4 Å². The van der Waals surface area contributed by atoms with E-state index in [-0.39, 0.29) is 10.8 Å². The number of nitrogens with one attached hydrogen (secondary N) is 1. The molecule has 0 fully saturated rings. The summed E-state index contributed by atoms with van der Waals surface area (Å²) in [6, 6.07) is 5.37. The van der Waals surface area contributed by atoms with Gasteiger partial charge in [-0.1, -0.05) is 23.2 Å². The highest BCUT2D eigenvalue weighted by molar-refractivity contribution is 7.71. The molecule has 0 aliphatic carbocycles. The molecule has 2 aromatic rings. The van der Waals surface area contributed by atoms with E-state index >= 15 is 0 Å². The molecule has 0 aliphatic rings. The molecular formula is C10H7Cl2N3OS. The minimum Gasteiger partial charge on any atom is -0.468 e. The van der Waals surface area contributed by atoms with E-state index < -0.39 is 0 Å². The van der Waals surface area contributed by atoms with Gasteiger partial charge in [-0.15, -0.1) is 0 Å². The Balaban J connectivity index is 2.59. The maximum atomic E-state index is 5.91. The van der Waals surface area contributed by atoms with Gasteiger partial charge >= 0.3 is 0 Å². The van der Waals surface area contributed by atoms with Crippen LogP contribution >= 0.6 is 35.4 Å². The van der Waals surface area contributed by atoms with Crippen LogP contribution < -0.4 is 4.74 Å². The Morgan fingerprint density at radius 1 is 1.18 bits per heavy atom. The Bertz CT molecular complexity index is 594. The van der Waals surface area contributed by atoms with Crippen molar-refractivity contribution in [2.45, 2.75) is 0 Å². The lowest BCUT2D eigenvalue weighted by Gasteiger charge is -2.04. The van der Waals surface area contributed by atoms with Crippen molar-refractivity contribution in [2.75, 3.05) is 7.11 Å². The Morgan fingerprint density at radius 2 is 1.82 bits per heavy atom. The van der Waals surface area contributed by atoms with Crippen molar-refractivity contribution < 1.29 is 4.74 Å². The summed E-state index contributed by atoms with van der Waals surface area (Å²) in [5.74, 6) is 0.506. The van der Waals surface area contributed by atoms with Crippen molar-refractivity contribution in [3.05, 3.63) is 33.0 Å². The summed E-state index contributed by atoms with van der Waals surface area (Å²) >= 11 is 16.8. The second-order valence-electron chi connectivity index (χ2n) is 3.15. The molecular weight excluding hydrogens is 281 g/mol. The third-order valence-electron chi connectivity index (χ3n) is 1.96. The van der Waals surface area contributed by atoms with Crippen LogP contribution in [0.25, 0.3) is 11.4 Å². The fourth-order valence-corrected chi connectivity index (χ4v) is 1.99. The predicted octanol–water partition coefficient (Wildman–Crippen LogP) is 3.52. The molecule has 0 amide bonds. The van der Waals surface area contributed by atoms with Crippen LogP contribution in [0.3, 0.4) is 0 Å². The van der Waals surface area contributed by atoms with Gasteiger partial charge in [-0.05, 0) is 30.4 Å². The first-order chi connectivity index (χ1) is 8.08. The summed E-state index contributed by atoms with van der Waals surface area (Å²) in [5, 5.41) is 1.04. The quantitative estimate of drug-likeness (QED) is 0.859. The lowest BCUT2D eigenvalue weighted by molar-refractivity contribution is 0.378. The van der Waals surface area contributed by atoms with Gasteiger partial charge in [0.05, 0.1) is 7.11 Å². The van der Waals surface area contributed by atoms with Crippen LogP contribution in [0.2, 0.25) is 10.0 Å². The molecule has 0 spiro atoms. The van der Waals surface area contributed by atoms with Crippen molar-refractivity contribution in [1.82, 2.24) is 15.0 Å². The van der Waals surface area contributed by atoms with Crippen LogP contribution in [0.1, 0.15) is 0 Å². The lowest BCUT2D eigenvalue weighted by atomic mass is 10.2. The van der Waals surface area contributed by atoms with Crippen molar-refractivity contribution in [3.63, 3.8) is 0 Å². The summed E-state index contributed by atoms with van der Waals surface area (Å²) in [6.07, 6.45) is 0. The molecule has 7 heteroatoms. The Labute approximate surface area is 113 Å². The smallest absolute Gasteiger partial charge is 0.297 e. The van der Waals surface area contributed by atoms with E-state index in [0.29, 0.717) is 21.4 Å². The average Bonchev–Trinajstić information content (AvgIpc) is 2.26. The van der Waals surface area contributed by atoms with Crippen LogP contribution in [0.5, 0.6) is 6.01 Å². The molecule has 0 unspecified atom stereocenters. The van der Waals surface area contributed by atoms with Gasteiger partial charge in [0.1, 0.15) is 5.82 Å². The molecule has 2 rings (SSSR count). The highest BCUT2D eigenvalue weighted by Crippen LogP contribution is 2.25. The summed E-state index contributed by atoms with van der Waals surface area (Å²) < 4.78 is 5.17. The topological polar surface area (TPSA) is 50.8 Å². The van der Waals surface area contributed by atoms with Gasteiger partial charge in [0, 0.05) is 15.6 Å². The SMILES string of the molecule is COc1nc(=S)nc(-c2cc(Cl)cc(Cl)c2)[nH]1. The van der Waals surface area contributed by atoms with Crippen molar-refractivity contribution in [3.8, 4) is 17.4 Å². The molecule has 0 bridgehead atoms. The van der Waals surface area contributed by atoms with E-state index in [1.165, 1.54) is 7.11 Å². The van der Waals surface area contributed by atoms with Crippen LogP contribution in [0.15, 0.2) is 18.2 Å². The van der Waals surface area contributed by atoms with E-state index in [0.717, 1.165) is 0 Å². The average molecular weight is 288 g/mol. The van der Waals surface area contributed by atoms with Gasteiger partial charge in [-0.25, -0.2) is 4.98 Å². The molecule has 0 saturated heterocycles. The maximum absolute atomic E-state index is 5.91.